The van der Waals surface area contributed by atoms with Crippen LogP contribution in [0.4, 0.5) is 0 Å². The molecule has 0 N–H and O–H groups in total. The van der Waals surface area contributed by atoms with E-state index >= 15 is 0 Å². The molecule has 0 aromatic carbocycles. The fraction of sp³-hybridized carbons (Fsp3) is 0.571. The van der Waals surface area contributed by atoms with E-state index in [4.69, 9.17) is 0 Å². The molecule has 1 aliphatic rings. The first-order chi connectivity index (χ1) is 3.83. The van der Waals surface area contributed by atoms with E-state index in [1.165, 1.54) is 5.71 Å². The minimum Gasteiger partial charge on any atom is -0.289 e. The number of allylic oxidation sites excluding steroid dienone is 1. The van der Waals surface area contributed by atoms with Crippen molar-refractivity contribution in [3.63, 3.8) is 0 Å². The average Bonchev–Trinajstić information content (AvgIpc) is 2.14. The van der Waals surface area contributed by atoms with Gasteiger partial charge in [-0.05, 0) is 18.4 Å². The van der Waals surface area contributed by atoms with E-state index < -0.39 is 0 Å². The van der Waals surface area contributed by atoms with E-state index in [0.717, 1.165) is 18.9 Å². The van der Waals surface area contributed by atoms with Crippen molar-refractivity contribution in [2.45, 2.75) is 13.3 Å². The third-order valence-electron chi connectivity index (χ3n) is 1.40. The van der Waals surface area contributed by atoms with Crippen LogP contribution in [0.2, 0.25) is 0 Å². The van der Waals surface area contributed by atoms with Crippen molar-refractivity contribution in [3.05, 3.63) is 12.7 Å². The molecule has 0 aliphatic carbocycles. The highest BCUT2D eigenvalue weighted by Crippen LogP contribution is 2.11. The highest BCUT2D eigenvalue weighted by molar-refractivity contribution is 5.95. The number of nitrogens with zero attached hydrogens (tertiary/aromatic N) is 1. The highest BCUT2D eigenvalue weighted by atomic mass is 14.8. The first-order valence-electron chi connectivity index (χ1n) is 2.98. The Hall–Kier alpha value is -0.590. The molecule has 0 aromatic rings. The molecular weight excluding hydrogens is 98.1 g/mol. The Kier molecular flexibility index (Phi) is 1.47. The van der Waals surface area contributed by atoms with Crippen LogP contribution in [0, 0.1) is 5.92 Å². The summed E-state index contributed by atoms with van der Waals surface area (Å²) >= 11 is 0. The lowest BCUT2D eigenvalue weighted by atomic mass is 10.1. The molecule has 8 heavy (non-hydrogen) atoms. The lowest BCUT2D eigenvalue weighted by Crippen LogP contribution is -1.92. The Labute approximate surface area is 50.1 Å². The van der Waals surface area contributed by atoms with E-state index in [1.54, 1.807) is 0 Å². The quantitative estimate of drug-likeness (QED) is 0.485. The summed E-state index contributed by atoms with van der Waals surface area (Å²) in [7, 11) is 0. The molecule has 0 amide bonds. The summed E-state index contributed by atoms with van der Waals surface area (Å²) in [4.78, 5) is 4.23. The Morgan fingerprint density at radius 2 is 2.62 bits per heavy atom. The number of rotatable bonds is 1. The summed E-state index contributed by atoms with van der Waals surface area (Å²) in [5, 5.41) is 0. The van der Waals surface area contributed by atoms with Gasteiger partial charge in [0.05, 0.1) is 0 Å². The van der Waals surface area contributed by atoms with Gasteiger partial charge < -0.3 is 0 Å². The molecule has 0 bridgehead atoms. The predicted molar refractivity (Wildman–Crippen MR) is 36.3 cm³/mol. The molecule has 0 aromatic heterocycles. The van der Waals surface area contributed by atoms with Crippen LogP contribution >= 0.6 is 0 Å². The van der Waals surface area contributed by atoms with Gasteiger partial charge in [-0.3, -0.25) is 4.99 Å². The van der Waals surface area contributed by atoms with Gasteiger partial charge in [0.25, 0.3) is 0 Å². The van der Waals surface area contributed by atoms with Gasteiger partial charge in [-0.15, -0.1) is 0 Å². The van der Waals surface area contributed by atoms with Gasteiger partial charge in [0, 0.05) is 12.3 Å². The molecule has 44 valence electrons. The first-order valence-corrected chi connectivity index (χ1v) is 2.98. The van der Waals surface area contributed by atoms with E-state index in [0.29, 0.717) is 0 Å². The van der Waals surface area contributed by atoms with Gasteiger partial charge in [0.2, 0.25) is 0 Å². The van der Waals surface area contributed by atoms with E-state index in [-0.39, 0.29) is 0 Å². The minimum atomic E-state index is 0.753. The molecule has 1 unspecified atom stereocenters. The summed E-state index contributed by atoms with van der Waals surface area (Å²) in [6.07, 6.45) is 2.98. The van der Waals surface area contributed by atoms with Crippen LogP contribution in [-0.4, -0.2) is 12.3 Å². The van der Waals surface area contributed by atoms with Crippen molar-refractivity contribution >= 4 is 5.71 Å². The van der Waals surface area contributed by atoms with Gasteiger partial charge in [0.15, 0.2) is 0 Å². The van der Waals surface area contributed by atoms with Gasteiger partial charge in [-0.1, -0.05) is 13.5 Å². The average molecular weight is 109 g/mol. The summed E-state index contributed by atoms with van der Waals surface area (Å²) in [6, 6.07) is 0. The topological polar surface area (TPSA) is 12.4 Å². The van der Waals surface area contributed by atoms with Crippen molar-refractivity contribution in [2.75, 3.05) is 6.54 Å². The van der Waals surface area contributed by atoms with Crippen LogP contribution in [0.1, 0.15) is 13.3 Å². The normalized spacial score (nSPS) is 27.6. The minimum absolute atomic E-state index is 0.753. The largest absolute Gasteiger partial charge is 0.289 e. The summed E-state index contributed by atoms with van der Waals surface area (Å²) in [5.41, 5.74) is 1.18. The Morgan fingerprint density at radius 1 is 1.88 bits per heavy atom. The zero-order valence-electron chi connectivity index (χ0n) is 5.22. The van der Waals surface area contributed by atoms with Crippen LogP contribution in [0.25, 0.3) is 0 Å². The Bertz CT molecular complexity index is 124. The van der Waals surface area contributed by atoms with Gasteiger partial charge in [-0.25, -0.2) is 0 Å². The molecule has 0 fully saturated rings. The molecule has 0 spiro atoms. The lowest BCUT2D eigenvalue weighted by molar-refractivity contribution is 0.664. The third kappa shape index (κ3) is 0.971. The SMILES string of the molecule is C=CC1=NCC(C)C1. The lowest BCUT2D eigenvalue weighted by Gasteiger charge is -1.92. The molecule has 1 heterocycles. The molecule has 0 saturated heterocycles. The molecular formula is C7H11N. The molecule has 1 rings (SSSR count). The second kappa shape index (κ2) is 2.12. The smallest absolute Gasteiger partial charge is 0.0421 e. The number of hydrogen-bond acceptors (Lipinski definition) is 1. The molecule has 1 heteroatoms. The summed E-state index contributed by atoms with van der Waals surface area (Å²) in [5.74, 6) is 0.753. The second-order valence-corrected chi connectivity index (χ2v) is 2.35. The fourth-order valence-electron chi connectivity index (χ4n) is 0.907. The third-order valence-corrected chi connectivity index (χ3v) is 1.40. The van der Waals surface area contributed by atoms with E-state index in [2.05, 4.69) is 18.5 Å². The molecule has 0 saturated carbocycles. The molecule has 1 atom stereocenters. The van der Waals surface area contributed by atoms with Crippen molar-refractivity contribution in [1.82, 2.24) is 0 Å². The van der Waals surface area contributed by atoms with Gasteiger partial charge in [0.1, 0.15) is 0 Å². The predicted octanol–water partition coefficient (Wildman–Crippen LogP) is 1.65. The zero-order valence-corrected chi connectivity index (χ0v) is 5.22. The Balaban J connectivity index is 2.49. The summed E-state index contributed by atoms with van der Waals surface area (Å²) < 4.78 is 0. The zero-order chi connectivity index (χ0) is 5.98. The van der Waals surface area contributed by atoms with Crippen LogP contribution in [0.5, 0.6) is 0 Å². The first kappa shape index (κ1) is 5.54. The Morgan fingerprint density at radius 3 is 2.88 bits per heavy atom. The van der Waals surface area contributed by atoms with Crippen LogP contribution in [-0.2, 0) is 0 Å². The summed E-state index contributed by atoms with van der Waals surface area (Å²) in [6.45, 7) is 6.86. The van der Waals surface area contributed by atoms with E-state index in [9.17, 15) is 0 Å². The van der Waals surface area contributed by atoms with Gasteiger partial charge in [-0.2, -0.15) is 0 Å². The van der Waals surface area contributed by atoms with Crippen molar-refractivity contribution in [1.29, 1.82) is 0 Å². The second-order valence-electron chi connectivity index (χ2n) is 2.35. The van der Waals surface area contributed by atoms with Crippen molar-refractivity contribution in [3.8, 4) is 0 Å². The maximum Gasteiger partial charge on any atom is 0.0421 e. The van der Waals surface area contributed by atoms with E-state index in [1.807, 2.05) is 6.08 Å². The van der Waals surface area contributed by atoms with Gasteiger partial charge >= 0.3 is 0 Å². The molecule has 0 radical (unpaired) electrons. The van der Waals surface area contributed by atoms with Crippen molar-refractivity contribution in [2.24, 2.45) is 10.9 Å². The molecule has 1 nitrogen and oxygen atoms in total. The van der Waals surface area contributed by atoms with Crippen LogP contribution in [0.15, 0.2) is 17.6 Å². The fourth-order valence-corrected chi connectivity index (χ4v) is 0.907. The van der Waals surface area contributed by atoms with Crippen LogP contribution in [0.3, 0.4) is 0 Å². The number of hydrogen-bond donors (Lipinski definition) is 0. The van der Waals surface area contributed by atoms with Crippen molar-refractivity contribution < 1.29 is 0 Å². The maximum absolute atomic E-state index is 4.23. The molecule has 1 aliphatic heterocycles. The van der Waals surface area contributed by atoms with Crippen LogP contribution < -0.4 is 0 Å². The standard InChI is InChI=1S/C7H11N/c1-3-7-4-6(2)5-8-7/h3,6H,1,4-5H2,2H3. The highest BCUT2D eigenvalue weighted by Gasteiger charge is 2.09. The number of aliphatic imine (C=N–C) groups is 1. The maximum atomic E-state index is 4.23. The monoisotopic (exact) mass is 109 g/mol.